The highest BCUT2D eigenvalue weighted by Crippen LogP contribution is 2.25. The van der Waals surface area contributed by atoms with E-state index in [0.717, 1.165) is 0 Å². The van der Waals surface area contributed by atoms with Crippen molar-refractivity contribution in [3.63, 3.8) is 0 Å². The SMILES string of the molecule is CCOC(=O)C[C@H](N)c1c(F)c(F)cc(F)c1F.Cl. The van der Waals surface area contributed by atoms with Crippen LogP contribution in [-0.4, -0.2) is 12.6 Å². The Kier molecular flexibility index (Phi) is 6.78. The number of carbonyl (C=O) groups excluding carboxylic acids is 1. The maximum atomic E-state index is 13.3. The van der Waals surface area contributed by atoms with Crippen molar-refractivity contribution in [3.05, 3.63) is 34.9 Å². The molecule has 0 aliphatic carbocycles. The molecule has 0 saturated heterocycles. The topological polar surface area (TPSA) is 52.3 Å². The van der Waals surface area contributed by atoms with Crippen molar-refractivity contribution in [3.8, 4) is 0 Å². The minimum absolute atomic E-state index is 0. The normalized spacial score (nSPS) is 11.7. The highest BCUT2D eigenvalue weighted by molar-refractivity contribution is 5.85. The number of esters is 1. The van der Waals surface area contributed by atoms with Gasteiger partial charge in [-0.3, -0.25) is 4.79 Å². The smallest absolute Gasteiger partial charge is 0.307 e. The van der Waals surface area contributed by atoms with Crippen LogP contribution in [0.4, 0.5) is 17.6 Å². The molecular weight excluding hydrogens is 290 g/mol. The van der Waals surface area contributed by atoms with E-state index in [1.54, 1.807) is 0 Å². The summed E-state index contributed by atoms with van der Waals surface area (Å²) in [4.78, 5) is 11.1. The van der Waals surface area contributed by atoms with Gasteiger partial charge in [0.05, 0.1) is 13.0 Å². The predicted molar refractivity (Wildman–Crippen MR) is 61.7 cm³/mol. The van der Waals surface area contributed by atoms with Crippen LogP contribution in [0.1, 0.15) is 24.9 Å². The van der Waals surface area contributed by atoms with E-state index < -0.39 is 47.3 Å². The Morgan fingerprint density at radius 1 is 1.26 bits per heavy atom. The molecule has 0 aliphatic heterocycles. The first-order valence-electron chi connectivity index (χ1n) is 5.12. The summed E-state index contributed by atoms with van der Waals surface area (Å²) in [5, 5.41) is 0. The fourth-order valence-corrected chi connectivity index (χ4v) is 1.42. The number of carbonyl (C=O) groups is 1. The molecule has 19 heavy (non-hydrogen) atoms. The number of hydrogen-bond donors (Lipinski definition) is 1. The lowest BCUT2D eigenvalue weighted by atomic mass is 10.0. The van der Waals surface area contributed by atoms with Gasteiger partial charge >= 0.3 is 5.97 Å². The number of hydrogen-bond acceptors (Lipinski definition) is 3. The second-order valence-corrected chi connectivity index (χ2v) is 3.50. The summed E-state index contributed by atoms with van der Waals surface area (Å²) in [6.07, 6.45) is -0.579. The van der Waals surface area contributed by atoms with Gasteiger partial charge in [-0.25, -0.2) is 17.6 Å². The van der Waals surface area contributed by atoms with Gasteiger partial charge in [-0.2, -0.15) is 0 Å². The Hall–Kier alpha value is -1.34. The van der Waals surface area contributed by atoms with E-state index in [-0.39, 0.29) is 25.1 Å². The Bertz CT molecular complexity index is 444. The maximum absolute atomic E-state index is 13.3. The van der Waals surface area contributed by atoms with E-state index in [0.29, 0.717) is 0 Å². The summed E-state index contributed by atoms with van der Waals surface area (Å²) in [7, 11) is 0. The van der Waals surface area contributed by atoms with Crippen molar-refractivity contribution < 1.29 is 27.1 Å². The highest BCUT2D eigenvalue weighted by Gasteiger charge is 2.25. The molecule has 0 amide bonds. The molecule has 2 N–H and O–H groups in total. The number of ether oxygens (including phenoxy) is 1. The Labute approximate surface area is 113 Å². The zero-order valence-corrected chi connectivity index (χ0v) is 10.7. The van der Waals surface area contributed by atoms with Crippen LogP contribution in [0, 0.1) is 23.3 Å². The minimum Gasteiger partial charge on any atom is -0.466 e. The van der Waals surface area contributed by atoms with Crippen LogP contribution in [0.25, 0.3) is 0 Å². The van der Waals surface area contributed by atoms with E-state index >= 15 is 0 Å². The molecule has 0 spiro atoms. The molecule has 0 saturated carbocycles. The molecule has 8 heteroatoms. The third-order valence-electron chi connectivity index (χ3n) is 2.21. The number of benzene rings is 1. The van der Waals surface area contributed by atoms with Crippen LogP contribution >= 0.6 is 12.4 Å². The fourth-order valence-electron chi connectivity index (χ4n) is 1.42. The van der Waals surface area contributed by atoms with E-state index in [1.807, 2.05) is 0 Å². The van der Waals surface area contributed by atoms with E-state index in [4.69, 9.17) is 5.73 Å². The Balaban J connectivity index is 0.00000324. The molecule has 0 heterocycles. The molecule has 3 nitrogen and oxygen atoms in total. The van der Waals surface area contributed by atoms with Crippen molar-refractivity contribution in [2.75, 3.05) is 6.61 Å². The maximum Gasteiger partial charge on any atom is 0.307 e. The molecule has 0 radical (unpaired) electrons. The fraction of sp³-hybridized carbons (Fsp3) is 0.364. The lowest BCUT2D eigenvalue weighted by Crippen LogP contribution is -2.21. The van der Waals surface area contributed by atoms with E-state index in [9.17, 15) is 22.4 Å². The first kappa shape index (κ1) is 17.7. The predicted octanol–water partition coefficient (Wildman–Crippen LogP) is 2.62. The first-order valence-corrected chi connectivity index (χ1v) is 5.12. The summed E-state index contributed by atoms with van der Waals surface area (Å²) in [6, 6.07) is -1.44. The third kappa shape index (κ3) is 4.07. The summed E-state index contributed by atoms with van der Waals surface area (Å²) in [5.41, 5.74) is 4.35. The van der Waals surface area contributed by atoms with Gasteiger partial charge in [-0.1, -0.05) is 0 Å². The second kappa shape index (κ2) is 7.30. The molecule has 1 aromatic carbocycles. The standard InChI is InChI=1S/C11H11F4NO2.ClH/c1-2-18-8(17)4-7(16)9-10(14)5(12)3-6(13)11(9)15;/h3,7H,2,4,16H2,1H3;1H/t7-;/m0./s1. The summed E-state index contributed by atoms with van der Waals surface area (Å²) < 4.78 is 57.0. The Morgan fingerprint density at radius 2 is 1.74 bits per heavy atom. The molecule has 1 aromatic rings. The van der Waals surface area contributed by atoms with Crippen LogP contribution in [-0.2, 0) is 9.53 Å². The number of rotatable bonds is 4. The lowest BCUT2D eigenvalue weighted by molar-refractivity contribution is -0.143. The summed E-state index contributed by atoms with van der Waals surface area (Å²) >= 11 is 0. The average molecular weight is 302 g/mol. The number of nitrogens with two attached hydrogens (primary N) is 1. The molecule has 0 bridgehead atoms. The lowest BCUT2D eigenvalue weighted by Gasteiger charge is -2.14. The molecule has 0 unspecified atom stereocenters. The van der Waals surface area contributed by atoms with Gasteiger partial charge in [-0.05, 0) is 6.92 Å². The van der Waals surface area contributed by atoms with Crippen molar-refractivity contribution in [2.24, 2.45) is 5.73 Å². The van der Waals surface area contributed by atoms with Crippen molar-refractivity contribution in [2.45, 2.75) is 19.4 Å². The Morgan fingerprint density at radius 3 is 2.16 bits per heavy atom. The summed E-state index contributed by atoms with van der Waals surface area (Å²) in [5.74, 6) is -7.16. The van der Waals surface area contributed by atoms with Crippen molar-refractivity contribution in [1.29, 1.82) is 0 Å². The molecule has 1 rings (SSSR count). The van der Waals surface area contributed by atoms with Gasteiger partial charge in [-0.15, -0.1) is 12.4 Å². The van der Waals surface area contributed by atoms with Crippen molar-refractivity contribution >= 4 is 18.4 Å². The van der Waals surface area contributed by atoms with Gasteiger partial charge in [0.25, 0.3) is 0 Å². The average Bonchev–Trinajstić information content (AvgIpc) is 2.27. The van der Waals surface area contributed by atoms with Gasteiger partial charge < -0.3 is 10.5 Å². The van der Waals surface area contributed by atoms with Crippen LogP contribution in [0.5, 0.6) is 0 Å². The molecule has 0 aliphatic rings. The van der Waals surface area contributed by atoms with Crippen LogP contribution in [0.2, 0.25) is 0 Å². The summed E-state index contributed by atoms with van der Waals surface area (Å²) in [6.45, 7) is 1.60. The molecule has 1 atom stereocenters. The highest BCUT2D eigenvalue weighted by atomic mass is 35.5. The molecule has 0 aromatic heterocycles. The third-order valence-corrected chi connectivity index (χ3v) is 2.21. The molecular formula is C11H12ClF4NO2. The van der Waals surface area contributed by atoms with Crippen LogP contribution in [0.15, 0.2) is 6.07 Å². The first-order chi connectivity index (χ1) is 8.38. The molecule has 0 fully saturated rings. The van der Waals surface area contributed by atoms with Gasteiger partial charge in [0, 0.05) is 17.7 Å². The van der Waals surface area contributed by atoms with Crippen LogP contribution in [0.3, 0.4) is 0 Å². The van der Waals surface area contributed by atoms with E-state index in [2.05, 4.69) is 4.74 Å². The van der Waals surface area contributed by atoms with Crippen molar-refractivity contribution in [1.82, 2.24) is 0 Å². The van der Waals surface area contributed by atoms with Gasteiger partial charge in [0.2, 0.25) is 0 Å². The number of halogens is 5. The van der Waals surface area contributed by atoms with Crippen LogP contribution < -0.4 is 5.73 Å². The minimum atomic E-state index is -1.61. The van der Waals surface area contributed by atoms with E-state index in [1.165, 1.54) is 6.92 Å². The second-order valence-electron chi connectivity index (χ2n) is 3.50. The van der Waals surface area contributed by atoms with Gasteiger partial charge in [0.15, 0.2) is 23.3 Å². The molecule has 108 valence electrons. The zero-order valence-electron chi connectivity index (χ0n) is 9.88. The largest absolute Gasteiger partial charge is 0.466 e. The zero-order chi connectivity index (χ0) is 13.9. The quantitative estimate of drug-likeness (QED) is 0.528. The monoisotopic (exact) mass is 301 g/mol. The van der Waals surface area contributed by atoms with Gasteiger partial charge in [0.1, 0.15) is 0 Å².